The summed E-state index contributed by atoms with van der Waals surface area (Å²) < 4.78 is 0. The van der Waals surface area contributed by atoms with Gasteiger partial charge in [-0.15, -0.1) is 0 Å². The molecule has 3 N–H and O–H groups in total. The molecule has 0 fully saturated rings. The molecular weight excluding hydrogens is 296 g/mol. The molecule has 0 saturated heterocycles. The second kappa shape index (κ2) is 6.67. The second-order valence-corrected chi connectivity index (χ2v) is 4.43. The molecular formula is C13H11ClN4O3. The van der Waals surface area contributed by atoms with Crippen molar-refractivity contribution in [3.8, 4) is 0 Å². The summed E-state index contributed by atoms with van der Waals surface area (Å²) in [5, 5.41) is 17.8. The first-order valence-electron chi connectivity index (χ1n) is 5.89. The van der Waals surface area contributed by atoms with E-state index in [1.807, 2.05) is 0 Å². The van der Waals surface area contributed by atoms with Gasteiger partial charge in [-0.2, -0.15) is 5.10 Å². The van der Waals surface area contributed by atoms with Crippen molar-refractivity contribution >= 4 is 29.6 Å². The predicted octanol–water partition coefficient (Wildman–Crippen LogP) is 1.49. The Bertz CT molecular complexity index is 683. The first-order valence-corrected chi connectivity index (χ1v) is 6.27. The third-order valence-electron chi connectivity index (χ3n) is 2.55. The number of aromatic amines is 1. The van der Waals surface area contributed by atoms with E-state index in [4.69, 9.17) is 16.7 Å². The summed E-state index contributed by atoms with van der Waals surface area (Å²) in [4.78, 5) is 26.3. The van der Waals surface area contributed by atoms with Crippen molar-refractivity contribution in [1.29, 1.82) is 0 Å². The van der Waals surface area contributed by atoms with Crippen molar-refractivity contribution in [2.45, 2.75) is 6.54 Å². The molecule has 0 atom stereocenters. The topological polar surface area (TPSA) is 108 Å². The van der Waals surface area contributed by atoms with Crippen LogP contribution in [-0.2, 0) is 11.3 Å². The number of halogens is 1. The van der Waals surface area contributed by atoms with E-state index in [0.29, 0.717) is 22.0 Å². The highest BCUT2D eigenvalue weighted by Gasteiger charge is 2.08. The second-order valence-electron chi connectivity index (χ2n) is 4.02. The maximum absolute atomic E-state index is 11.9. The van der Waals surface area contributed by atoms with Gasteiger partial charge in [0.1, 0.15) is 12.2 Å². The Morgan fingerprint density at radius 1 is 1.43 bits per heavy atom. The molecule has 1 aromatic carbocycles. The van der Waals surface area contributed by atoms with Gasteiger partial charge < -0.3 is 10.4 Å². The van der Waals surface area contributed by atoms with Crippen LogP contribution in [0.5, 0.6) is 0 Å². The largest absolute Gasteiger partial charge is 0.478 e. The van der Waals surface area contributed by atoms with Gasteiger partial charge >= 0.3 is 5.97 Å². The number of hydrogen-bond acceptors (Lipinski definition) is 4. The van der Waals surface area contributed by atoms with Gasteiger partial charge in [-0.1, -0.05) is 17.7 Å². The number of carbonyl (C=O) groups excluding carboxylic acids is 1. The molecule has 2 rings (SSSR count). The average Bonchev–Trinajstić information content (AvgIpc) is 2.96. The molecule has 1 amide bonds. The lowest BCUT2D eigenvalue weighted by atomic mass is 10.1. The molecule has 108 valence electrons. The molecule has 0 saturated carbocycles. The maximum atomic E-state index is 11.9. The molecule has 7 nitrogen and oxygen atoms in total. The van der Waals surface area contributed by atoms with E-state index in [-0.39, 0.29) is 12.5 Å². The Hall–Kier alpha value is -2.67. The molecule has 0 unspecified atom stereocenters. The normalized spacial score (nSPS) is 10.7. The van der Waals surface area contributed by atoms with Gasteiger partial charge in [0.2, 0.25) is 0 Å². The molecule has 2 aromatic rings. The van der Waals surface area contributed by atoms with Crippen LogP contribution < -0.4 is 5.32 Å². The first-order chi connectivity index (χ1) is 10.1. The molecule has 1 heterocycles. The fourth-order valence-corrected chi connectivity index (χ4v) is 1.79. The van der Waals surface area contributed by atoms with Crippen molar-refractivity contribution in [1.82, 2.24) is 20.5 Å². The first kappa shape index (κ1) is 14.7. The van der Waals surface area contributed by atoms with Crippen LogP contribution in [0.1, 0.15) is 21.7 Å². The summed E-state index contributed by atoms with van der Waals surface area (Å²) in [6.07, 6.45) is 3.69. The Morgan fingerprint density at radius 2 is 2.24 bits per heavy atom. The molecule has 0 aliphatic carbocycles. The minimum atomic E-state index is -1.07. The summed E-state index contributed by atoms with van der Waals surface area (Å²) in [5.41, 5.74) is 0.887. The number of nitrogens with zero attached hydrogens (tertiary/aromatic N) is 2. The Labute approximate surface area is 124 Å². The molecule has 0 radical (unpaired) electrons. The number of rotatable bonds is 5. The number of carbonyl (C=O) groups is 2. The van der Waals surface area contributed by atoms with Gasteiger partial charge in [-0.05, 0) is 23.8 Å². The van der Waals surface area contributed by atoms with Crippen LogP contribution in [0.15, 0.2) is 30.6 Å². The summed E-state index contributed by atoms with van der Waals surface area (Å²) in [6, 6.07) is 4.60. The van der Waals surface area contributed by atoms with E-state index < -0.39 is 5.97 Å². The van der Waals surface area contributed by atoms with Crippen LogP contribution in [0, 0.1) is 0 Å². The number of aliphatic carboxylic acids is 1. The van der Waals surface area contributed by atoms with Gasteiger partial charge in [0.05, 0.1) is 6.54 Å². The highest BCUT2D eigenvalue weighted by atomic mass is 35.5. The van der Waals surface area contributed by atoms with Crippen LogP contribution in [-0.4, -0.2) is 32.2 Å². The lowest BCUT2D eigenvalue weighted by molar-refractivity contribution is -0.131. The van der Waals surface area contributed by atoms with Gasteiger partial charge in [0.25, 0.3) is 5.91 Å². The highest BCUT2D eigenvalue weighted by Crippen LogP contribution is 2.19. The van der Waals surface area contributed by atoms with Crippen molar-refractivity contribution in [3.05, 3.63) is 52.6 Å². The molecule has 0 spiro atoms. The average molecular weight is 307 g/mol. The van der Waals surface area contributed by atoms with E-state index in [0.717, 1.165) is 6.08 Å². The molecule has 21 heavy (non-hydrogen) atoms. The number of carboxylic acids is 1. The Kier molecular flexibility index (Phi) is 4.68. The molecule has 8 heteroatoms. The summed E-state index contributed by atoms with van der Waals surface area (Å²) in [7, 11) is 0. The van der Waals surface area contributed by atoms with Gasteiger partial charge in [0.15, 0.2) is 0 Å². The number of H-pyrrole nitrogens is 1. The van der Waals surface area contributed by atoms with Crippen LogP contribution in [0.2, 0.25) is 5.02 Å². The number of hydrogen-bond donors (Lipinski definition) is 3. The summed E-state index contributed by atoms with van der Waals surface area (Å²) in [5.74, 6) is -0.850. The van der Waals surface area contributed by atoms with Gasteiger partial charge in [-0.25, -0.2) is 9.78 Å². The van der Waals surface area contributed by atoms with Crippen molar-refractivity contribution in [2.75, 3.05) is 0 Å². The van der Waals surface area contributed by atoms with E-state index >= 15 is 0 Å². The minimum absolute atomic E-state index is 0.219. The smallest absolute Gasteiger partial charge is 0.328 e. The van der Waals surface area contributed by atoms with Crippen LogP contribution >= 0.6 is 11.6 Å². The third-order valence-corrected chi connectivity index (χ3v) is 2.88. The lowest BCUT2D eigenvalue weighted by Crippen LogP contribution is -2.23. The van der Waals surface area contributed by atoms with Crippen molar-refractivity contribution in [3.63, 3.8) is 0 Å². The number of aromatic nitrogens is 3. The van der Waals surface area contributed by atoms with E-state index in [2.05, 4.69) is 20.5 Å². The van der Waals surface area contributed by atoms with Gasteiger partial charge in [-0.3, -0.25) is 9.89 Å². The molecule has 0 aliphatic rings. The monoisotopic (exact) mass is 306 g/mol. The Morgan fingerprint density at radius 3 is 2.86 bits per heavy atom. The fourth-order valence-electron chi connectivity index (χ4n) is 1.55. The zero-order chi connectivity index (χ0) is 15.2. The summed E-state index contributed by atoms with van der Waals surface area (Å²) in [6.45, 7) is 0.219. The maximum Gasteiger partial charge on any atom is 0.328 e. The van der Waals surface area contributed by atoms with Crippen molar-refractivity contribution < 1.29 is 14.7 Å². The third kappa shape index (κ3) is 4.15. The zero-order valence-corrected chi connectivity index (χ0v) is 11.5. The quantitative estimate of drug-likeness (QED) is 0.725. The number of benzene rings is 1. The summed E-state index contributed by atoms with van der Waals surface area (Å²) >= 11 is 6.00. The number of carboxylic acid groups (broad SMARTS) is 1. The van der Waals surface area contributed by atoms with Crippen LogP contribution in [0.25, 0.3) is 6.08 Å². The fraction of sp³-hybridized carbons (Fsp3) is 0.0769. The number of nitrogens with one attached hydrogen (secondary N) is 2. The highest BCUT2D eigenvalue weighted by molar-refractivity contribution is 6.32. The zero-order valence-electron chi connectivity index (χ0n) is 10.7. The van der Waals surface area contributed by atoms with Crippen LogP contribution in [0.4, 0.5) is 0 Å². The molecule has 0 aliphatic heterocycles. The lowest BCUT2D eigenvalue weighted by Gasteiger charge is -2.05. The molecule has 1 aromatic heterocycles. The van der Waals surface area contributed by atoms with E-state index in [9.17, 15) is 9.59 Å². The SMILES string of the molecule is O=C(O)/C=C/c1ccc(C(=O)NCc2ncn[nH]2)cc1Cl. The Balaban J connectivity index is 2.05. The van der Waals surface area contributed by atoms with Crippen LogP contribution in [0.3, 0.4) is 0 Å². The standard InChI is InChI=1S/C13H11ClN4O3/c14-10-5-9(2-1-8(10)3-4-12(19)20)13(21)15-6-11-16-7-17-18-11/h1-5,7H,6H2,(H,15,21)(H,19,20)(H,16,17,18)/b4-3+. The van der Waals surface area contributed by atoms with Crippen molar-refractivity contribution in [2.24, 2.45) is 0 Å². The van der Waals surface area contributed by atoms with Gasteiger partial charge in [0, 0.05) is 16.7 Å². The van der Waals surface area contributed by atoms with E-state index in [1.54, 1.807) is 12.1 Å². The minimum Gasteiger partial charge on any atom is -0.478 e. The van der Waals surface area contributed by atoms with E-state index in [1.165, 1.54) is 18.5 Å². The predicted molar refractivity (Wildman–Crippen MR) is 75.7 cm³/mol. The number of amides is 1. The molecule has 0 bridgehead atoms.